The van der Waals surface area contributed by atoms with Gasteiger partial charge in [0.2, 0.25) is 5.91 Å². The van der Waals surface area contributed by atoms with Gasteiger partial charge in [0.25, 0.3) is 0 Å². The maximum Gasteiger partial charge on any atom is 0.236 e. The lowest BCUT2D eigenvalue weighted by molar-refractivity contribution is -0.128. The zero-order chi connectivity index (χ0) is 12.4. The second-order valence-electron chi connectivity index (χ2n) is 4.02. The van der Waals surface area contributed by atoms with Crippen molar-refractivity contribution in [1.29, 1.82) is 0 Å². The SMILES string of the molecule is CCCN(CC)CCNCC(=O)N(C)CC. The molecule has 0 aromatic heterocycles. The molecule has 0 saturated carbocycles. The molecule has 0 heterocycles. The monoisotopic (exact) mass is 229 g/mol. The third kappa shape index (κ3) is 6.80. The first-order chi connectivity index (χ1) is 7.65. The van der Waals surface area contributed by atoms with Gasteiger partial charge in [0.15, 0.2) is 0 Å². The molecule has 0 rings (SSSR count). The van der Waals surface area contributed by atoms with Gasteiger partial charge in [-0.2, -0.15) is 0 Å². The van der Waals surface area contributed by atoms with Crippen molar-refractivity contribution in [2.75, 3.05) is 46.3 Å². The molecule has 16 heavy (non-hydrogen) atoms. The number of hydrogen-bond donors (Lipinski definition) is 1. The number of hydrogen-bond acceptors (Lipinski definition) is 3. The summed E-state index contributed by atoms with van der Waals surface area (Å²) in [5.74, 6) is 0.168. The van der Waals surface area contributed by atoms with E-state index in [1.165, 1.54) is 6.42 Å². The molecule has 0 unspecified atom stereocenters. The molecule has 0 fully saturated rings. The highest BCUT2D eigenvalue weighted by Gasteiger charge is 2.05. The van der Waals surface area contributed by atoms with Crippen LogP contribution in [0.3, 0.4) is 0 Å². The summed E-state index contributed by atoms with van der Waals surface area (Å²) in [4.78, 5) is 15.6. The first-order valence-electron chi connectivity index (χ1n) is 6.32. The van der Waals surface area contributed by atoms with Gasteiger partial charge in [-0.25, -0.2) is 0 Å². The molecule has 96 valence electrons. The number of carbonyl (C=O) groups excluding carboxylic acids is 1. The lowest BCUT2D eigenvalue weighted by atomic mass is 10.4. The van der Waals surface area contributed by atoms with E-state index < -0.39 is 0 Å². The minimum absolute atomic E-state index is 0.168. The van der Waals surface area contributed by atoms with E-state index in [0.717, 1.165) is 32.7 Å². The van der Waals surface area contributed by atoms with Crippen molar-refractivity contribution in [2.24, 2.45) is 0 Å². The van der Waals surface area contributed by atoms with Crippen LogP contribution in [0.4, 0.5) is 0 Å². The van der Waals surface area contributed by atoms with E-state index in [0.29, 0.717) is 6.54 Å². The van der Waals surface area contributed by atoms with Crippen LogP contribution in [-0.2, 0) is 4.79 Å². The summed E-state index contributed by atoms with van der Waals surface area (Å²) in [7, 11) is 1.83. The average molecular weight is 229 g/mol. The second kappa shape index (κ2) is 9.60. The van der Waals surface area contributed by atoms with E-state index in [1.807, 2.05) is 14.0 Å². The van der Waals surface area contributed by atoms with Crippen LogP contribution in [-0.4, -0.2) is 62.0 Å². The average Bonchev–Trinajstić information content (AvgIpc) is 2.31. The lowest BCUT2D eigenvalue weighted by Crippen LogP contribution is -2.39. The smallest absolute Gasteiger partial charge is 0.236 e. The Balaban J connectivity index is 3.54. The van der Waals surface area contributed by atoms with Gasteiger partial charge in [-0.3, -0.25) is 4.79 Å². The Bertz CT molecular complexity index is 185. The van der Waals surface area contributed by atoms with Crippen LogP contribution in [0.1, 0.15) is 27.2 Å². The summed E-state index contributed by atoms with van der Waals surface area (Å²) < 4.78 is 0. The fraction of sp³-hybridized carbons (Fsp3) is 0.917. The highest BCUT2D eigenvalue weighted by atomic mass is 16.2. The quantitative estimate of drug-likeness (QED) is 0.594. The Morgan fingerprint density at radius 3 is 2.31 bits per heavy atom. The van der Waals surface area contributed by atoms with Crippen molar-refractivity contribution in [2.45, 2.75) is 27.2 Å². The van der Waals surface area contributed by atoms with Crippen LogP contribution in [0, 0.1) is 0 Å². The van der Waals surface area contributed by atoms with Gasteiger partial charge >= 0.3 is 0 Å². The van der Waals surface area contributed by atoms with Crippen LogP contribution in [0.25, 0.3) is 0 Å². The number of nitrogens with zero attached hydrogens (tertiary/aromatic N) is 2. The predicted molar refractivity (Wildman–Crippen MR) is 68.6 cm³/mol. The predicted octanol–water partition coefficient (Wildman–Crippen LogP) is 0.786. The number of amides is 1. The van der Waals surface area contributed by atoms with E-state index in [9.17, 15) is 4.79 Å². The minimum Gasteiger partial charge on any atom is -0.345 e. The number of nitrogens with one attached hydrogen (secondary N) is 1. The Hall–Kier alpha value is -0.610. The van der Waals surface area contributed by atoms with E-state index in [-0.39, 0.29) is 5.91 Å². The Kier molecular flexibility index (Phi) is 9.24. The molecule has 0 bridgehead atoms. The lowest BCUT2D eigenvalue weighted by Gasteiger charge is -2.20. The van der Waals surface area contributed by atoms with Gasteiger partial charge < -0.3 is 15.1 Å². The van der Waals surface area contributed by atoms with Crippen molar-refractivity contribution in [3.8, 4) is 0 Å². The van der Waals surface area contributed by atoms with E-state index in [2.05, 4.69) is 24.1 Å². The van der Waals surface area contributed by atoms with Crippen LogP contribution in [0.5, 0.6) is 0 Å². The highest BCUT2D eigenvalue weighted by molar-refractivity contribution is 5.77. The van der Waals surface area contributed by atoms with Crippen LogP contribution < -0.4 is 5.32 Å². The molecule has 1 amide bonds. The molecule has 0 aliphatic heterocycles. The van der Waals surface area contributed by atoms with Gasteiger partial charge in [-0.15, -0.1) is 0 Å². The number of rotatable bonds is 9. The van der Waals surface area contributed by atoms with E-state index >= 15 is 0 Å². The third-order valence-corrected chi connectivity index (χ3v) is 2.77. The minimum atomic E-state index is 0.168. The van der Waals surface area contributed by atoms with Crippen LogP contribution in [0.15, 0.2) is 0 Å². The van der Waals surface area contributed by atoms with Crippen LogP contribution in [0.2, 0.25) is 0 Å². The summed E-state index contributed by atoms with van der Waals surface area (Å²) in [6, 6.07) is 0. The normalized spacial score (nSPS) is 10.8. The molecule has 0 atom stereocenters. The molecule has 0 saturated heterocycles. The molecule has 0 aliphatic rings. The molecule has 0 aromatic carbocycles. The molecule has 1 N–H and O–H groups in total. The fourth-order valence-electron chi connectivity index (χ4n) is 1.49. The fourth-order valence-corrected chi connectivity index (χ4v) is 1.49. The second-order valence-corrected chi connectivity index (χ2v) is 4.02. The standard InChI is InChI=1S/C12H27N3O/c1-5-9-15(7-3)10-8-13-11-12(16)14(4)6-2/h13H,5-11H2,1-4H3. The molecular formula is C12H27N3O. The maximum atomic E-state index is 11.5. The molecule has 0 aliphatic carbocycles. The summed E-state index contributed by atoms with van der Waals surface area (Å²) in [6.07, 6.45) is 1.19. The zero-order valence-corrected chi connectivity index (χ0v) is 11.3. The Labute approximate surface area is 100.0 Å². The zero-order valence-electron chi connectivity index (χ0n) is 11.3. The summed E-state index contributed by atoms with van der Waals surface area (Å²) in [6.45, 7) is 11.7. The topological polar surface area (TPSA) is 35.6 Å². The molecule has 4 nitrogen and oxygen atoms in total. The van der Waals surface area contributed by atoms with Gasteiger partial charge in [-0.1, -0.05) is 13.8 Å². The number of carbonyl (C=O) groups is 1. The van der Waals surface area contributed by atoms with Crippen LogP contribution >= 0.6 is 0 Å². The highest BCUT2D eigenvalue weighted by Crippen LogP contribution is 1.89. The first-order valence-corrected chi connectivity index (χ1v) is 6.32. The first kappa shape index (κ1) is 15.4. The summed E-state index contributed by atoms with van der Waals surface area (Å²) in [5, 5.41) is 3.19. The third-order valence-electron chi connectivity index (χ3n) is 2.77. The van der Waals surface area contributed by atoms with Crippen molar-refractivity contribution in [3.63, 3.8) is 0 Å². The molecule has 4 heteroatoms. The molecule has 0 radical (unpaired) electrons. The van der Waals surface area contributed by atoms with Crippen molar-refractivity contribution >= 4 is 5.91 Å². The summed E-state index contributed by atoms with van der Waals surface area (Å²) >= 11 is 0. The molecule has 0 aromatic rings. The number of likely N-dealkylation sites (N-methyl/N-ethyl adjacent to an activating group) is 2. The van der Waals surface area contributed by atoms with E-state index in [4.69, 9.17) is 0 Å². The largest absolute Gasteiger partial charge is 0.345 e. The van der Waals surface area contributed by atoms with Gasteiger partial charge in [0.05, 0.1) is 6.54 Å². The maximum absolute atomic E-state index is 11.5. The van der Waals surface area contributed by atoms with E-state index in [1.54, 1.807) is 4.90 Å². The summed E-state index contributed by atoms with van der Waals surface area (Å²) in [5.41, 5.74) is 0. The van der Waals surface area contributed by atoms with Gasteiger partial charge in [0.1, 0.15) is 0 Å². The Morgan fingerprint density at radius 2 is 1.81 bits per heavy atom. The molecule has 0 spiro atoms. The van der Waals surface area contributed by atoms with Gasteiger partial charge in [-0.05, 0) is 26.4 Å². The molecular weight excluding hydrogens is 202 g/mol. The van der Waals surface area contributed by atoms with Crippen molar-refractivity contribution < 1.29 is 4.79 Å². The van der Waals surface area contributed by atoms with Gasteiger partial charge in [0, 0.05) is 26.7 Å². The Morgan fingerprint density at radius 1 is 1.12 bits per heavy atom. The van der Waals surface area contributed by atoms with Crippen molar-refractivity contribution in [3.05, 3.63) is 0 Å². The van der Waals surface area contributed by atoms with Crippen molar-refractivity contribution in [1.82, 2.24) is 15.1 Å².